The van der Waals surface area contributed by atoms with E-state index in [1.807, 2.05) is 12.1 Å². The van der Waals surface area contributed by atoms with Crippen molar-refractivity contribution in [3.63, 3.8) is 0 Å². The van der Waals surface area contributed by atoms with Crippen molar-refractivity contribution < 1.29 is 0 Å². The quantitative estimate of drug-likeness (QED) is 0.824. The molecule has 0 saturated carbocycles. The van der Waals surface area contributed by atoms with E-state index >= 15 is 0 Å². The third-order valence-electron chi connectivity index (χ3n) is 3.76. The fraction of sp³-hybridized carbons (Fsp3) is 0.400. The highest BCUT2D eigenvalue weighted by Crippen LogP contribution is 2.18. The number of hydrogen-bond donors (Lipinski definition) is 0. The van der Waals surface area contributed by atoms with Crippen LogP contribution in [0.4, 0.5) is 0 Å². The van der Waals surface area contributed by atoms with Crippen LogP contribution >= 0.6 is 0 Å². The molecule has 0 amide bonds. The highest BCUT2D eigenvalue weighted by molar-refractivity contribution is 5.81. The molecule has 0 unspecified atom stereocenters. The van der Waals surface area contributed by atoms with Gasteiger partial charge >= 0.3 is 0 Å². The summed E-state index contributed by atoms with van der Waals surface area (Å²) in [6, 6.07) is 10.2. The molecule has 0 aliphatic carbocycles. The maximum Gasteiger partial charge on any atom is 0.0991 e. The van der Waals surface area contributed by atoms with Crippen LogP contribution in [0, 0.1) is 11.3 Å². The molecule has 0 bridgehead atoms. The van der Waals surface area contributed by atoms with Crippen LogP contribution in [0.25, 0.3) is 10.9 Å². The second-order valence-corrected chi connectivity index (χ2v) is 4.94. The lowest BCUT2D eigenvalue weighted by Crippen LogP contribution is -2.23. The minimum Gasteiger partial charge on any atom is -0.346 e. The van der Waals surface area contributed by atoms with Gasteiger partial charge in [0.05, 0.1) is 11.6 Å². The van der Waals surface area contributed by atoms with Gasteiger partial charge in [-0.25, -0.2) is 0 Å². The predicted octanol–water partition coefficient (Wildman–Crippen LogP) is 2.61. The van der Waals surface area contributed by atoms with Gasteiger partial charge in [-0.3, -0.25) is 0 Å². The Kier molecular flexibility index (Phi) is 3.04. The molecule has 2 aromatic rings. The van der Waals surface area contributed by atoms with Gasteiger partial charge in [-0.05, 0) is 50.2 Å². The van der Waals surface area contributed by atoms with E-state index in [0.717, 1.165) is 24.0 Å². The first-order valence-corrected chi connectivity index (χ1v) is 6.58. The Morgan fingerprint density at radius 1 is 1.11 bits per heavy atom. The number of likely N-dealkylation sites (tertiary alicyclic amines) is 1. The van der Waals surface area contributed by atoms with Gasteiger partial charge in [0.25, 0.3) is 0 Å². The topological polar surface area (TPSA) is 32.0 Å². The summed E-state index contributed by atoms with van der Waals surface area (Å²) in [5.74, 6) is 0. The minimum atomic E-state index is 0.736. The molecule has 1 fully saturated rings. The van der Waals surface area contributed by atoms with Crippen molar-refractivity contribution in [3.8, 4) is 6.07 Å². The Morgan fingerprint density at radius 2 is 1.94 bits per heavy atom. The summed E-state index contributed by atoms with van der Waals surface area (Å²) < 4.78 is 2.29. The Labute approximate surface area is 107 Å². The van der Waals surface area contributed by atoms with Crippen LogP contribution in [0.2, 0.25) is 0 Å². The summed E-state index contributed by atoms with van der Waals surface area (Å²) >= 11 is 0. The van der Waals surface area contributed by atoms with Crippen LogP contribution in [-0.2, 0) is 6.54 Å². The van der Waals surface area contributed by atoms with Gasteiger partial charge in [-0.15, -0.1) is 0 Å². The van der Waals surface area contributed by atoms with E-state index in [1.54, 1.807) is 0 Å². The summed E-state index contributed by atoms with van der Waals surface area (Å²) in [7, 11) is 0. The van der Waals surface area contributed by atoms with E-state index in [2.05, 4.69) is 33.9 Å². The molecular weight excluding hydrogens is 222 g/mol. The van der Waals surface area contributed by atoms with E-state index in [0.29, 0.717) is 0 Å². The monoisotopic (exact) mass is 239 g/mol. The van der Waals surface area contributed by atoms with Crippen LogP contribution in [0.5, 0.6) is 0 Å². The van der Waals surface area contributed by atoms with E-state index in [9.17, 15) is 0 Å². The van der Waals surface area contributed by atoms with Gasteiger partial charge in [0.2, 0.25) is 0 Å². The molecule has 18 heavy (non-hydrogen) atoms. The number of hydrogen-bond acceptors (Lipinski definition) is 2. The maximum atomic E-state index is 8.89. The number of nitrogens with zero attached hydrogens (tertiary/aromatic N) is 3. The first-order valence-electron chi connectivity index (χ1n) is 6.58. The number of aromatic nitrogens is 1. The second kappa shape index (κ2) is 4.83. The highest BCUT2D eigenvalue weighted by Gasteiger charge is 2.11. The molecule has 0 radical (unpaired) electrons. The smallest absolute Gasteiger partial charge is 0.0991 e. The predicted molar refractivity (Wildman–Crippen MR) is 72.3 cm³/mol. The van der Waals surface area contributed by atoms with Crippen LogP contribution in [0.15, 0.2) is 30.5 Å². The Hall–Kier alpha value is -1.79. The number of benzene rings is 1. The Morgan fingerprint density at radius 3 is 2.72 bits per heavy atom. The largest absolute Gasteiger partial charge is 0.346 e. The average molecular weight is 239 g/mol. The highest BCUT2D eigenvalue weighted by atomic mass is 15.2. The van der Waals surface area contributed by atoms with E-state index < -0.39 is 0 Å². The lowest BCUT2D eigenvalue weighted by molar-refractivity contribution is 0.324. The molecule has 2 heterocycles. The fourth-order valence-corrected chi connectivity index (χ4v) is 2.72. The molecule has 0 spiro atoms. The van der Waals surface area contributed by atoms with Crippen molar-refractivity contribution >= 4 is 10.9 Å². The third kappa shape index (κ3) is 2.12. The van der Waals surface area contributed by atoms with Crippen molar-refractivity contribution in [1.82, 2.24) is 9.47 Å². The van der Waals surface area contributed by atoms with E-state index in [4.69, 9.17) is 5.26 Å². The first kappa shape index (κ1) is 11.3. The van der Waals surface area contributed by atoms with Gasteiger partial charge in [-0.1, -0.05) is 0 Å². The number of rotatable bonds is 3. The van der Waals surface area contributed by atoms with Crippen LogP contribution in [-0.4, -0.2) is 29.1 Å². The Bertz CT molecular complexity index is 585. The maximum absolute atomic E-state index is 8.89. The van der Waals surface area contributed by atoms with Crippen molar-refractivity contribution in [2.24, 2.45) is 0 Å². The average Bonchev–Trinajstić information content (AvgIpc) is 3.05. The minimum absolute atomic E-state index is 0.736. The summed E-state index contributed by atoms with van der Waals surface area (Å²) in [4.78, 5) is 2.52. The molecule has 1 aliphatic heterocycles. The number of fused-ring (bicyclic) bond motifs is 1. The molecule has 3 rings (SSSR count). The summed E-state index contributed by atoms with van der Waals surface area (Å²) in [6.07, 6.45) is 4.82. The standard InChI is InChI=1S/C15H17N3/c16-12-13-3-4-15-14(11-13)5-8-18(15)10-9-17-6-1-2-7-17/h3-5,8,11H,1-2,6-7,9-10H2. The fourth-order valence-electron chi connectivity index (χ4n) is 2.72. The number of nitriles is 1. The van der Waals surface area contributed by atoms with Crippen molar-refractivity contribution in [2.45, 2.75) is 19.4 Å². The zero-order valence-corrected chi connectivity index (χ0v) is 10.5. The van der Waals surface area contributed by atoms with Gasteiger partial charge in [-0.2, -0.15) is 5.26 Å². The van der Waals surface area contributed by atoms with Crippen molar-refractivity contribution in [2.75, 3.05) is 19.6 Å². The van der Waals surface area contributed by atoms with Gasteiger partial charge in [0.1, 0.15) is 0 Å². The second-order valence-electron chi connectivity index (χ2n) is 4.94. The lowest BCUT2D eigenvalue weighted by atomic mass is 10.2. The molecule has 1 aromatic heterocycles. The van der Waals surface area contributed by atoms with Crippen molar-refractivity contribution in [1.29, 1.82) is 5.26 Å². The summed E-state index contributed by atoms with van der Waals surface area (Å²) in [6.45, 7) is 4.66. The first-order chi connectivity index (χ1) is 8.86. The molecule has 1 aromatic carbocycles. The summed E-state index contributed by atoms with van der Waals surface area (Å²) in [5, 5.41) is 10.0. The molecule has 3 nitrogen and oxygen atoms in total. The van der Waals surface area contributed by atoms with Crippen molar-refractivity contribution in [3.05, 3.63) is 36.0 Å². The SMILES string of the molecule is N#Cc1ccc2c(ccn2CCN2CCCC2)c1. The molecule has 0 N–H and O–H groups in total. The molecule has 1 aliphatic rings. The summed E-state index contributed by atoms with van der Waals surface area (Å²) in [5.41, 5.74) is 1.97. The van der Waals surface area contributed by atoms with Gasteiger partial charge in [0, 0.05) is 30.2 Å². The van der Waals surface area contributed by atoms with E-state index in [-0.39, 0.29) is 0 Å². The van der Waals surface area contributed by atoms with E-state index in [1.165, 1.54) is 31.4 Å². The normalized spacial score (nSPS) is 16.2. The van der Waals surface area contributed by atoms with Crippen LogP contribution < -0.4 is 0 Å². The van der Waals surface area contributed by atoms with Crippen LogP contribution in [0.1, 0.15) is 18.4 Å². The van der Waals surface area contributed by atoms with Gasteiger partial charge in [0.15, 0.2) is 0 Å². The molecule has 3 heteroatoms. The molecule has 1 saturated heterocycles. The zero-order chi connectivity index (χ0) is 12.4. The zero-order valence-electron chi connectivity index (χ0n) is 10.5. The molecular formula is C15H17N3. The van der Waals surface area contributed by atoms with Crippen LogP contribution in [0.3, 0.4) is 0 Å². The Balaban J connectivity index is 1.78. The molecule has 92 valence electrons. The molecule has 0 atom stereocenters. The van der Waals surface area contributed by atoms with Gasteiger partial charge < -0.3 is 9.47 Å². The lowest BCUT2D eigenvalue weighted by Gasteiger charge is -2.15. The third-order valence-corrected chi connectivity index (χ3v) is 3.76.